The number of hydrogen-bond donors (Lipinski definition) is 0. The average molecular weight is 347 g/mol. The van der Waals surface area contributed by atoms with Gasteiger partial charge in [0.25, 0.3) is 0 Å². The van der Waals surface area contributed by atoms with Crippen molar-refractivity contribution in [2.45, 2.75) is 70.3 Å². The summed E-state index contributed by atoms with van der Waals surface area (Å²) >= 11 is 0. The van der Waals surface area contributed by atoms with E-state index in [2.05, 4.69) is 13.8 Å². The number of rotatable bonds is 10. The molecular weight excluding hydrogens is 317 g/mol. The quantitative estimate of drug-likeness (QED) is 0.350. The van der Waals surface area contributed by atoms with Gasteiger partial charge in [0.2, 0.25) is 0 Å². The van der Waals surface area contributed by atoms with E-state index in [4.69, 9.17) is 4.43 Å². The fourth-order valence-electron chi connectivity index (χ4n) is 2.98. The molecule has 0 atom stereocenters. The topological polar surface area (TPSA) is 9.23 Å². The van der Waals surface area contributed by atoms with Gasteiger partial charge in [0.1, 0.15) is 0 Å². The zero-order chi connectivity index (χ0) is 17.3. The van der Waals surface area contributed by atoms with Crippen molar-refractivity contribution in [1.82, 2.24) is 0 Å². The van der Waals surface area contributed by atoms with Crippen LogP contribution in [0.1, 0.15) is 50.7 Å². The van der Waals surface area contributed by atoms with Gasteiger partial charge in [-0.3, -0.25) is 0 Å². The normalized spacial score (nSPS) is 12.6. The first-order valence-corrected chi connectivity index (χ1v) is 11.1. The molecule has 0 radical (unpaired) electrons. The lowest BCUT2D eigenvalue weighted by Crippen LogP contribution is -2.34. The van der Waals surface area contributed by atoms with E-state index in [0.717, 1.165) is 24.8 Å². The van der Waals surface area contributed by atoms with Gasteiger partial charge >= 0.3 is 6.18 Å². The summed E-state index contributed by atoms with van der Waals surface area (Å²) in [5.41, 5.74) is 0.418. The van der Waals surface area contributed by atoms with Crippen LogP contribution in [0.5, 0.6) is 0 Å². The molecule has 0 aromatic heterocycles. The summed E-state index contributed by atoms with van der Waals surface area (Å²) in [7, 11) is 0.379. The summed E-state index contributed by atoms with van der Waals surface area (Å²) in [6.45, 7) is 4.45. The predicted molar refractivity (Wildman–Crippen MR) is 92.1 cm³/mol. The number of halogens is 3. The van der Waals surface area contributed by atoms with Crippen LogP contribution in [0.2, 0.25) is 18.1 Å². The molecule has 0 aliphatic rings. The molecule has 1 rings (SSSR count). The minimum absolute atomic E-state index is 0.568. The van der Waals surface area contributed by atoms with Gasteiger partial charge < -0.3 is 4.43 Å². The SMILES string of the molecule is CC[Si](CC)(CCCCCCc1ccc(C(F)(F)F)cc1)OC. The molecule has 0 saturated carbocycles. The zero-order valence-electron chi connectivity index (χ0n) is 14.5. The van der Waals surface area contributed by atoms with Gasteiger partial charge in [-0.2, -0.15) is 13.2 Å². The average Bonchev–Trinajstić information content (AvgIpc) is 2.54. The monoisotopic (exact) mass is 346 g/mol. The van der Waals surface area contributed by atoms with Crippen LogP contribution in [0.25, 0.3) is 0 Å². The summed E-state index contributed by atoms with van der Waals surface area (Å²) in [6.07, 6.45) is 1.16. The highest BCUT2D eigenvalue weighted by Crippen LogP contribution is 2.29. The zero-order valence-corrected chi connectivity index (χ0v) is 15.5. The van der Waals surface area contributed by atoms with Crippen molar-refractivity contribution in [2.24, 2.45) is 0 Å². The maximum atomic E-state index is 12.5. The molecule has 0 heterocycles. The lowest BCUT2D eigenvalue weighted by Gasteiger charge is -2.27. The number of hydrogen-bond acceptors (Lipinski definition) is 1. The second-order valence-corrected chi connectivity index (χ2v) is 10.9. The Kier molecular flexibility index (Phi) is 8.33. The molecule has 0 spiro atoms. The number of alkyl halides is 3. The molecule has 23 heavy (non-hydrogen) atoms. The van der Waals surface area contributed by atoms with Crippen LogP contribution in [0.15, 0.2) is 24.3 Å². The molecule has 0 unspecified atom stereocenters. The van der Waals surface area contributed by atoms with Crippen molar-refractivity contribution in [2.75, 3.05) is 7.11 Å². The third-order valence-electron chi connectivity index (χ3n) is 4.85. The molecule has 0 aliphatic carbocycles. The van der Waals surface area contributed by atoms with Gasteiger partial charge in [0.15, 0.2) is 8.32 Å². The lowest BCUT2D eigenvalue weighted by molar-refractivity contribution is -0.137. The molecular formula is C18H29F3OSi. The van der Waals surface area contributed by atoms with Crippen molar-refractivity contribution in [3.05, 3.63) is 35.4 Å². The van der Waals surface area contributed by atoms with Crippen LogP contribution in [-0.4, -0.2) is 15.4 Å². The molecule has 132 valence electrons. The van der Waals surface area contributed by atoms with E-state index in [1.807, 2.05) is 7.11 Å². The van der Waals surface area contributed by atoms with Crippen molar-refractivity contribution >= 4 is 8.32 Å². The van der Waals surface area contributed by atoms with E-state index in [0.29, 0.717) is 0 Å². The van der Waals surface area contributed by atoms with Gasteiger partial charge in [0, 0.05) is 7.11 Å². The van der Waals surface area contributed by atoms with Gasteiger partial charge in [0.05, 0.1) is 5.56 Å². The summed E-state index contributed by atoms with van der Waals surface area (Å²) in [5.74, 6) is 0. The molecule has 1 aromatic carbocycles. The second kappa shape index (κ2) is 9.47. The minimum Gasteiger partial charge on any atom is -0.420 e. The summed E-state index contributed by atoms with van der Waals surface area (Å²) in [4.78, 5) is 0. The highest BCUT2D eigenvalue weighted by atomic mass is 28.4. The summed E-state index contributed by atoms with van der Waals surface area (Å²) < 4.78 is 43.3. The van der Waals surface area contributed by atoms with Crippen molar-refractivity contribution < 1.29 is 17.6 Å². The third kappa shape index (κ3) is 6.67. The Hall–Kier alpha value is -0.813. The lowest BCUT2D eigenvalue weighted by atomic mass is 10.0. The molecule has 5 heteroatoms. The van der Waals surface area contributed by atoms with E-state index in [1.165, 1.54) is 43.1 Å². The maximum absolute atomic E-state index is 12.5. The van der Waals surface area contributed by atoms with Gasteiger partial charge in [-0.1, -0.05) is 45.2 Å². The van der Waals surface area contributed by atoms with E-state index in [9.17, 15) is 13.2 Å². The first-order valence-electron chi connectivity index (χ1n) is 8.58. The summed E-state index contributed by atoms with van der Waals surface area (Å²) in [6, 6.07) is 9.11. The molecule has 0 aliphatic heterocycles. The standard InChI is InChI=1S/C18H29F3OSi/c1-4-23(5-2,22-3)15-9-7-6-8-10-16-11-13-17(14-12-16)18(19,20)21/h11-14H,4-10,15H2,1-3H3. The van der Waals surface area contributed by atoms with Crippen LogP contribution < -0.4 is 0 Å². The molecule has 1 aromatic rings. The van der Waals surface area contributed by atoms with Gasteiger partial charge in [-0.05, 0) is 48.7 Å². The Morgan fingerprint density at radius 1 is 0.913 bits per heavy atom. The maximum Gasteiger partial charge on any atom is 0.416 e. The van der Waals surface area contributed by atoms with Gasteiger partial charge in [-0.25, -0.2) is 0 Å². The van der Waals surface area contributed by atoms with Crippen molar-refractivity contribution in [3.8, 4) is 0 Å². The van der Waals surface area contributed by atoms with Gasteiger partial charge in [-0.15, -0.1) is 0 Å². The summed E-state index contributed by atoms with van der Waals surface area (Å²) in [5, 5.41) is 0. The molecule has 1 nitrogen and oxygen atoms in total. The molecule has 0 amide bonds. The smallest absolute Gasteiger partial charge is 0.416 e. The number of aryl methyl sites for hydroxylation is 1. The first kappa shape index (κ1) is 20.2. The van der Waals surface area contributed by atoms with Crippen LogP contribution in [0.3, 0.4) is 0 Å². The Labute approximate surface area is 139 Å². The van der Waals surface area contributed by atoms with Crippen LogP contribution in [0.4, 0.5) is 13.2 Å². The van der Waals surface area contributed by atoms with Crippen LogP contribution in [-0.2, 0) is 17.0 Å². The van der Waals surface area contributed by atoms with E-state index >= 15 is 0 Å². The predicted octanol–water partition coefficient (Wildman–Crippen LogP) is 6.44. The molecule has 0 fully saturated rings. The largest absolute Gasteiger partial charge is 0.420 e. The number of unbranched alkanes of at least 4 members (excludes halogenated alkanes) is 3. The number of benzene rings is 1. The molecule has 0 N–H and O–H groups in total. The van der Waals surface area contributed by atoms with E-state index in [-0.39, 0.29) is 0 Å². The Morgan fingerprint density at radius 2 is 1.48 bits per heavy atom. The van der Waals surface area contributed by atoms with E-state index in [1.54, 1.807) is 12.1 Å². The molecule has 0 saturated heterocycles. The van der Waals surface area contributed by atoms with Crippen molar-refractivity contribution in [3.63, 3.8) is 0 Å². The third-order valence-corrected chi connectivity index (χ3v) is 9.56. The fourth-order valence-corrected chi connectivity index (χ4v) is 5.87. The Morgan fingerprint density at radius 3 is 1.96 bits per heavy atom. The Balaban J connectivity index is 2.25. The highest BCUT2D eigenvalue weighted by molar-refractivity contribution is 6.73. The van der Waals surface area contributed by atoms with Crippen LogP contribution in [0, 0.1) is 0 Å². The highest BCUT2D eigenvalue weighted by Gasteiger charge is 2.30. The first-order chi connectivity index (χ1) is 10.9. The van der Waals surface area contributed by atoms with Crippen LogP contribution >= 0.6 is 0 Å². The fraction of sp³-hybridized carbons (Fsp3) is 0.667. The Bertz CT molecular complexity index is 430. The second-order valence-electron chi connectivity index (χ2n) is 6.20. The van der Waals surface area contributed by atoms with Crippen molar-refractivity contribution in [1.29, 1.82) is 0 Å². The minimum atomic E-state index is -4.24. The molecule has 0 bridgehead atoms. The van der Waals surface area contributed by atoms with E-state index < -0.39 is 20.1 Å².